The Morgan fingerprint density at radius 1 is 1.43 bits per heavy atom. The SMILES string of the molecule is C/C=C1\C[NH+]2CC[C@]34C(=C(C=O)[C@H]1C[C@H]23)Nc1c(O)cccc14. The lowest BCUT2D eigenvalue weighted by Crippen LogP contribution is -3.16. The summed E-state index contributed by atoms with van der Waals surface area (Å²) in [5, 5.41) is 13.8. The molecule has 3 heterocycles. The molecule has 4 heteroatoms. The highest BCUT2D eigenvalue weighted by molar-refractivity contribution is 5.85. The van der Waals surface area contributed by atoms with Gasteiger partial charge in [0.1, 0.15) is 18.1 Å². The lowest BCUT2D eigenvalue weighted by Gasteiger charge is -2.45. The molecule has 23 heavy (non-hydrogen) atoms. The van der Waals surface area contributed by atoms with Gasteiger partial charge in [0.25, 0.3) is 0 Å². The van der Waals surface area contributed by atoms with Gasteiger partial charge in [-0.3, -0.25) is 4.79 Å². The van der Waals surface area contributed by atoms with E-state index in [9.17, 15) is 9.90 Å². The molecule has 1 aromatic carbocycles. The molecule has 2 fully saturated rings. The third-order valence-corrected chi connectivity index (χ3v) is 6.66. The van der Waals surface area contributed by atoms with Crippen LogP contribution in [0.2, 0.25) is 0 Å². The molecule has 4 aliphatic rings. The van der Waals surface area contributed by atoms with Crippen LogP contribution in [0.3, 0.4) is 0 Å². The summed E-state index contributed by atoms with van der Waals surface area (Å²) in [5.74, 6) is 0.537. The largest absolute Gasteiger partial charge is 0.506 e. The summed E-state index contributed by atoms with van der Waals surface area (Å²) < 4.78 is 0. The standard InChI is InChI=1S/C19H20N2O2/c1-2-11-9-21-7-6-19-14-4-3-5-15(23)17(14)20-18(19)13(10-22)12(11)8-16(19)21/h2-5,10,12,16,20,23H,6-9H2,1H3/p+1/b11-2+/t12-,16-,19+/m0/s1. The minimum Gasteiger partial charge on any atom is -0.506 e. The first-order valence-electron chi connectivity index (χ1n) is 8.49. The number of para-hydroxylation sites is 1. The maximum atomic E-state index is 12.0. The number of hydrogen-bond acceptors (Lipinski definition) is 3. The van der Waals surface area contributed by atoms with Gasteiger partial charge in [0.05, 0.1) is 24.2 Å². The second kappa shape index (κ2) is 4.26. The normalized spacial score (nSPS) is 38.3. The average Bonchev–Trinajstić information content (AvgIpc) is 3.12. The quantitative estimate of drug-likeness (QED) is 0.414. The molecule has 2 saturated heterocycles. The number of fused-ring (bicyclic) bond motifs is 2. The number of allylic oxidation sites excluding steroid dienone is 2. The first kappa shape index (κ1) is 13.4. The van der Waals surface area contributed by atoms with Gasteiger partial charge in [0, 0.05) is 30.0 Å². The second-order valence-corrected chi connectivity index (χ2v) is 7.28. The molecule has 1 aromatic rings. The van der Waals surface area contributed by atoms with Crippen LogP contribution in [-0.2, 0) is 10.2 Å². The minimum absolute atomic E-state index is 0.102. The van der Waals surface area contributed by atoms with Crippen LogP contribution in [0.4, 0.5) is 5.69 Å². The molecule has 3 N–H and O–H groups in total. The van der Waals surface area contributed by atoms with Crippen molar-refractivity contribution in [3.63, 3.8) is 0 Å². The number of piperidine rings is 1. The van der Waals surface area contributed by atoms with E-state index in [1.54, 1.807) is 11.0 Å². The Labute approximate surface area is 135 Å². The van der Waals surface area contributed by atoms with E-state index in [-0.39, 0.29) is 11.3 Å². The second-order valence-electron chi connectivity index (χ2n) is 7.28. The third kappa shape index (κ3) is 1.39. The molecule has 0 amide bonds. The van der Waals surface area contributed by atoms with Crippen molar-refractivity contribution in [3.8, 4) is 5.75 Å². The van der Waals surface area contributed by atoms with Gasteiger partial charge in [-0.15, -0.1) is 0 Å². The van der Waals surface area contributed by atoms with Gasteiger partial charge >= 0.3 is 0 Å². The Balaban J connectivity index is 1.84. The zero-order valence-corrected chi connectivity index (χ0v) is 13.2. The van der Waals surface area contributed by atoms with Crippen LogP contribution in [0, 0.1) is 5.92 Å². The monoisotopic (exact) mass is 309 g/mol. The molecule has 2 bridgehead atoms. The van der Waals surface area contributed by atoms with Crippen molar-refractivity contribution in [2.45, 2.75) is 31.2 Å². The van der Waals surface area contributed by atoms with E-state index in [2.05, 4.69) is 24.4 Å². The van der Waals surface area contributed by atoms with Crippen molar-refractivity contribution in [3.05, 3.63) is 46.7 Å². The first-order chi connectivity index (χ1) is 11.2. The summed E-state index contributed by atoms with van der Waals surface area (Å²) in [7, 11) is 0. The van der Waals surface area contributed by atoms with E-state index in [1.165, 1.54) is 11.1 Å². The number of anilines is 1. The van der Waals surface area contributed by atoms with Crippen molar-refractivity contribution in [2.24, 2.45) is 5.92 Å². The Morgan fingerprint density at radius 2 is 2.30 bits per heavy atom. The van der Waals surface area contributed by atoms with Gasteiger partial charge in [-0.2, -0.15) is 0 Å². The van der Waals surface area contributed by atoms with Crippen LogP contribution in [-0.4, -0.2) is 30.5 Å². The summed E-state index contributed by atoms with van der Waals surface area (Å²) in [6.07, 6.45) is 5.35. The van der Waals surface area contributed by atoms with Crippen LogP contribution in [0.25, 0.3) is 0 Å². The molecule has 0 aromatic heterocycles. The fourth-order valence-electron chi connectivity index (χ4n) is 5.72. The number of nitrogens with one attached hydrogen (secondary N) is 2. The van der Waals surface area contributed by atoms with Crippen molar-refractivity contribution >= 4 is 12.0 Å². The maximum Gasteiger partial charge on any atom is 0.148 e. The summed E-state index contributed by atoms with van der Waals surface area (Å²) in [4.78, 5) is 13.6. The number of carbonyl (C=O) groups is 1. The fraction of sp³-hybridized carbons (Fsp3) is 0.421. The van der Waals surface area contributed by atoms with E-state index < -0.39 is 0 Å². The number of quaternary nitrogens is 1. The topological polar surface area (TPSA) is 53.8 Å². The number of aromatic hydroxyl groups is 1. The molecule has 3 aliphatic heterocycles. The third-order valence-electron chi connectivity index (χ3n) is 6.66. The van der Waals surface area contributed by atoms with Crippen LogP contribution >= 0.6 is 0 Å². The predicted octanol–water partition coefficient (Wildman–Crippen LogP) is 1.15. The number of hydrogen-bond donors (Lipinski definition) is 3. The van der Waals surface area contributed by atoms with Crippen LogP contribution in [0.15, 0.2) is 41.1 Å². The van der Waals surface area contributed by atoms with Gasteiger partial charge in [-0.05, 0) is 24.1 Å². The molecule has 1 spiro atoms. The number of benzene rings is 1. The lowest BCUT2D eigenvalue weighted by molar-refractivity contribution is -0.914. The Morgan fingerprint density at radius 3 is 3.09 bits per heavy atom. The minimum atomic E-state index is -0.102. The van der Waals surface area contributed by atoms with E-state index in [0.717, 1.165) is 49.2 Å². The van der Waals surface area contributed by atoms with Crippen molar-refractivity contribution in [2.75, 3.05) is 18.4 Å². The van der Waals surface area contributed by atoms with Gasteiger partial charge in [0.15, 0.2) is 0 Å². The Bertz CT molecular complexity index is 795. The number of aldehydes is 1. The van der Waals surface area contributed by atoms with Gasteiger partial charge in [-0.1, -0.05) is 18.2 Å². The molecule has 0 saturated carbocycles. The van der Waals surface area contributed by atoms with Crippen molar-refractivity contribution < 1.29 is 14.8 Å². The molecule has 0 radical (unpaired) electrons. The summed E-state index contributed by atoms with van der Waals surface area (Å²) in [6, 6.07) is 6.29. The predicted molar refractivity (Wildman–Crippen MR) is 87.5 cm³/mol. The number of carbonyl (C=O) groups excluding carboxylic acids is 1. The molecule has 118 valence electrons. The smallest absolute Gasteiger partial charge is 0.148 e. The van der Waals surface area contributed by atoms with Gasteiger partial charge < -0.3 is 15.3 Å². The summed E-state index contributed by atoms with van der Waals surface area (Å²) >= 11 is 0. The van der Waals surface area contributed by atoms with Gasteiger partial charge in [0.2, 0.25) is 0 Å². The summed E-state index contributed by atoms with van der Waals surface area (Å²) in [5.41, 5.74) is 5.27. The zero-order chi connectivity index (χ0) is 15.8. The van der Waals surface area contributed by atoms with Gasteiger partial charge in [-0.25, -0.2) is 0 Å². The maximum absolute atomic E-state index is 12.0. The summed E-state index contributed by atoms with van der Waals surface area (Å²) in [6.45, 7) is 4.26. The highest BCUT2D eigenvalue weighted by Crippen LogP contribution is 2.58. The van der Waals surface area contributed by atoms with E-state index >= 15 is 0 Å². The lowest BCUT2D eigenvalue weighted by atomic mass is 9.62. The zero-order valence-electron chi connectivity index (χ0n) is 13.2. The Kier molecular flexibility index (Phi) is 2.48. The average molecular weight is 309 g/mol. The fourth-order valence-corrected chi connectivity index (χ4v) is 5.72. The molecular formula is C19H21N2O2+. The highest BCUT2D eigenvalue weighted by Gasteiger charge is 2.64. The number of rotatable bonds is 1. The van der Waals surface area contributed by atoms with Crippen molar-refractivity contribution in [1.82, 2.24) is 0 Å². The highest BCUT2D eigenvalue weighted by atomic mass is 16.3. The van der Waals surface area contributed by atoms with Crippen LogP contribution in [0.5, 0.6) is 5.75 Å². The first-order valence-corrected chi connectivity index (χ1v) is 8.49. The molecule has 1 unspecified atom stereocenters. The van der Waals surface area contributed by atoms with Crippen molar-refractivity contribution in [1.29, 1.82) is 0 Å². The molecule has 1 aliphatic carbocycles. The molecule has 4 nitrogen and oxygen atoms in total. The van der Waals surface area contributed by atoms with E-state index in [4.69, 9.17) is 0 Å². The van der Waals surface area contributed by atoms with E-state index in [0.29, 0.717) is 11.8 Å². The Hall–Kier alpha value is -2.07. The molecule has 4 atom stereocenters. The number of phenols is 1. The molecule has 5 rings (SSSR count). The number of phenolic OH excluding ortho intramolecular Hbond substituents is 1. The van der Waals surface area contributed by atoms with Crippen LogP contribution < -0.4 is 10.2 Å². The molecular weight excluding hydrogens is 288 g/mol. The van der Waals surface area contributed by atoms with E-state index in [1.807, 2.05) is 6.07 Å². The van der Waals surface area contributed by atoms with Crippen LogP contribution in [0.1, 0.15) is 25.3 Å².